The molecule has 2 unspecified atom stereocenters. The van der Waals surface area contributed by atoms with Crippen LogP contribution in [0, 0.1) is 0 Å². The Labute approximate surface area is 81.2 Å². The molecule has 0 aromatic rings. The van der Waals surface area contributed by atoms with Crippen molar-refractivity contribution < 1.29 is 21.5 Å². The van der Waals surface area contributed by atoms with Gasteiger partial charge in [-0.25, -0.2) is 0 Å². The van der Waals surface area contributed by atoms with E-state index >= 15 is 0 Å². The van der Waals surface area contributed by atoms with Crippen LogP contribution in [0.3, 0.4) is 0 Å². The second-order valence-corrected chi connectivity index (χ2v) is 5.63. The van der Waals surface area contributed by atoms with Crippen molar-refractivity contribution in [1.82, 2.24) is 3.11 Å². The summed E-state index contributed by atoms with van der Waals surface area (Å²) in [4.78, 5) is 2.37. The molecule has 0 radical (unpaired) electrons. The van der Waals surface area contributed by atoms with Crippen molar-refractivity contribution in [3.8, 4) is 0 Å². The number of hydrogen-bond donors (Lipinski definition) is 0. The Morgan fingerprint density at radius 1 is 1.09 bits per heavy atom. The standard InChI is InChI=1S/C9H19IN/c1-6-8(3)9(4,7-2)11(8)10-5/h6-7H2,1-5H3/q-1. The van der Waals surface area contributed by atoms with Crippen LogP contribution in [0.4, 0.5) is 0 Å². The molecular formula is C9H19IN-. The molecule has 1 aliphatic rings. The fourth-order valence-electron chi connectivity index (χ4n) is 2.09. The Morgan fingerprint density at radius 3 is 1.55 bits per heavy atom. The predicted octanol–water partition coefficient (Wildman–Crippen LogP) is -0.727. The van der Waals surface area contributed by atoms with Gasteiger partial charge in [0.1, 0.15) is 0 Å². The molecule has 1 rings (SSSR count). The average molecular weight is 268 g/mol. The molecule has 1 nitrogen and oxygen atoms in total. The first-order chi connectivity index (χ1) is 5.06. The molecule has 0 saturated carbocycles. The van der Waals surface area contributed by atoms with E-state index in [2.05, 4.69) is 35.7 Å². The summed E-state index contributed by atoms with van der Waals surface area (Å²) in [6, 6.07) is 0. The summed E-state index contributed by atoms with van der Waals surface area (Å²) in [6.45, 7) is 9.46. The first-order valence-electron chi connectivity index (χ1n) is 4.37. The summed E-state index contributed by atoms with van der Waals surface area (Å²) in [6.07, 6.45) is 2.62. The summed E-state index contributed by atoms with van der Waals surface area (Å²) < 4.78 is 2.72. The maximum absolute atomic E-state index is 2.72. The molecule has 1 saturated heterocycles. The predicted molar refractivity (Wildman–Crippen MR) is 45.2 cm³/mol. The molecule has 0 amide bonds. The zero-order valence-electron chi connectivity index (χ0n) is 8.24. The van der Waals surface area contributed by atoms with E-state index in [1.54, 1.807) is 0 Å². The first-order valence-corrected chi connectivity index (χ1v) is 7.49. The summed E-state index contributed by atoms with van der Waals surface area (Å²) in [5.74, 6) is 0. The minimum absolute atomic E-state index is 0.300. The van der Waals surface area contributed by atoms with Crippen LogP contribution in [-0.2, 0) is 0 Å². The van der Waals surface area contributed by atoms with Gasteiger partial charge in [-0.05, 0) is 0 Å². The van der Waals surface area contributed by atoms with Gasteiger partial charge in [-0.1, -0.05) is 0 Å². The van der Waals surface area contributed by atoms with E-state index in [9.17, 15) is 0 Å². The number of rotatable bonds is 3. The SMILES string of the molecule is CCC1(C)N([I-]C)C1(C)CC. The normalized spacial score (nSPS) is 49.7. The molecule has 0 N–H and O–H groups in total. The fraction of sp³-hybridized carbons (Fsp3) is 1.00. The van der Waals surface area contributed by atoms with Crippen molar-refractivity contribution in [2.24, 2.45) is 0 Å². The van der Waals surface area contributed by atoms with Gasteiger partial charge >= 0.3 is 81.1 Å². The van der Waals surface area contributed by atoms with Gasteiger partial charge in [0, 0.05) is 0 Å². The van der Waals surface area contributed by atoms with E-state index in [0.717, 1.165) is 0 Å². The molecule has 2 heteroatoms. The van der Waals surface area contributed by atoms with E-state index in [-0.39, 0.29) is 0 Å². The van der Waals surface area contributed by atoms with E-state index in [0.29, 0.717) is 32.6 Å². The molecule has 0 aliphatic carbocycles. The Hall–Kier alpha value is 0.690. The first kappa shape index (κ1) is 9.78. The molecule has 1 fully saturated rings. The zero-order chi connectivity index (χ0) is 8.70. The third-order valence-corrected chi connectivity index (χ3v) is 6.62. The molecule has 1 aliphatic heterocycles. The Kier molecular flexibility index (Phi) is 2.55. The van der Waals surface area contributed by atoms with Gasteiger partial charge in [-0.3, -0.25) is 0 Å². The van der Waals surface area contributed by atoms with Gasteiger partial charge in [0.25, 0.3) is 0 Å². The Bertz CT molecular complexity index is 144. The molecule has 11 heavy (non-hydrogen) atoms. The summed E-state index contributed by atoms with van der Waals surface area (Å²) in [5, 5.41) is 0. The molecule has 0 spiro atoms. The van der Waals surface area contributed by atoms with Crippen molar-refractivity contribution in [2.45, 2.75) is 51.6 Å². The van der Waals surface area contributed by atoms with Gasteiger partial charge in [-0.2, -0.15) is 0 Å². The van der Waals surface area contributed by atoms with Crippen molar-refractivity contribution >= 4 is 0 Å². The molecule has 1 heterocycles. The minimum atomic E-state index is 0.300. The molecular weight excluding hydrogens is 249 g/mol. The summed E-state index contributed by atoms with van der Waals surface area (Å²) in [7, 11) is 0. The summed E-state index contributed by atoms with van der Waals surface area (Å²) in [5.41, 5.74) is 1.09. The van der Waals surface area contributed by atoms with Crippen molar-refractivity contribution in [1.29, 1.82) is 0 Å². The van der Waals surface area contributed by atoms with E-state index in [4.69, 9.17) is 0 Å². The van der Waals surface area contributed by atoms with Crippen molar-refractivity contribution in [2.75, 3.05) is 4.93 Å². The second-order valence-electron chi connectivity index (χ2n) is 3.70. The van der Waals surface area contributed by atoms with Gasteiger partial charge in [0.05, 0.1) is 0 Å². The third kappa shape index (κ3) is 1.05. The molecule has 2 atom stereocenters. The van der Waals surface area contributed by atoms with Gasteiger partial charge in [0.15, 0.2) is 0 Å². The second kappa shape index (κ2) is 2.87. The quantitative estimate of drug-likeness (QED) is 0.282. The van der Waals surface area contributed by atoms with Crippen LogP contribution in [0.25, 0.3) is 0 Å². The maximum atomic E-state index is 2.72. The van der Waals surface area contributed by atoms with Gasteiger partial charge in [0.2, 0.25) is 0 Å². The topological polar surface area (TPSA) is 3.01 Å². The van der Waals surface area contributed by atoms with Crippen LogP contribution in [0.15, 0.2) is 0 Å². The van der Waals surface area contributed by atoms with E-state index in [1.165, 1.54) is 12.8 Å². The van der Waals surface area contributed by atoms with Crippen molar-refractivity contribution in [3.63, 3.8) is 0 Å². The van der Waals surface area contributed by atoms with Gasteiger partial charge < -0.3 is 0 Å². The fourth-order valence-corrected chi connectivity index (χ4v) is 5.84. The monoisotopic (exact) mass is 268 g/mol. The van der Waals surface area contributed by atoms with Crippen LogP contribution < -0.4 is 21.5 Å². The Morgan fingerprint density at radius 2 is 1.45 bits per heavy atom. The van der Waals surface area contributed by atoms with Crippen molar-refractivity contribution in [3.05, 3.63) is 0 Å². The number of hydrogen-bond acceptors (Lipinski definition) is 1. The van der Waals surface area contributed by atoms with Crippen LogP contribution in [-0.4, -0.2) is 19.1 Å². The van der Waals surface area contributed by atoms with Crippen LogP contribution in [0.1, 0.15) is 40.5 Å². The zero-order valence-corrected chi connectivity index (χ0v) is 10.4. The molecule has 0 aromatic heterocycles. The van der Waals surface area contributed by atoms with Gasteiger partial charge in [-0.15, -0.1) is 0 Å². The third-order valence-electron chi connectivity index (χ3n) is 3.52. The molecule has 68 valence electrons. The molecule has 0 bridgehead atoms. The average Bonchev–Trinajstić information content (AvgIpc) is 2.51. The van der Waals surface area contributed by atoms with Crippen LogP contribution >= 0.6 is 0 Å². The van der Waals surface area contributed by atoms with E-state index in [1.807, 2.05) is 0 Å². The van der Waals surface area contributed by atoms with Crippen LogP contribution in [0.2, 0.25) is 0 Å². The summed E-state index contributed by atoms with van der Waals surface area (Å²) >= 11 is 0.300. The molecule has 0 aromatic carbocycles. The number of nitrogens with zero attached hydrogens (tertiary/aromatic N) is 1. The Balaban J connectivity index is 2.72. The van der Waals surface area contributed by atoms with Crippen LogP contribution in [0.5, 0.6) is 0 Å². The van der Waals surface area contributed by atoms with E-state index < -0.39 is 0 Å². The number of alkyl halides is 1. The number of halogens is 1.